The molecular weight excluding hydrogens is 210 g/mol. The highest BCUT2D eigenvalue weighted by atomic mass is 15.2. The first-order valence-electron chi connectivity index (χ1n) is 6.06. The van der Waals surface area contributed by atoms with E-state index < -0.39 is 0 Å². The van der Waals surface area contributed by atoms with Crippen molar-refractivity contribution in [2.45, 2.75) is 18.9 Å². The van der Waals surface area contributed by atoms with E-state index in [0.29, 0.717) is 5.92 Å². The van der Waals surface area contributed by atoms with Gasteiger partial charge in [-0.05, 0) is 36.0 Å². The van der Waals surface area contributed by atoms with Crippen molar-refractivity contribution in [3.63, 3.8) is 0 Å². The molecule has 3 nitrogen and oxygen atoms in total. The third-order valence-corrected chi connectivity index (χ3v) is 3.64. The lowest BCUT2D eigenvalue weighted by atomic mass is 9.96. The Kier molecular flexibility index (Phi) is 2.48. The van der Waals surface area contributed by atoms with E-state index >= 15 is 0 Å². The lowest BCUT2D eigenvalue weighted by molar-refractivity contribution is 0.458. The number of nitrogens with two attached hydrogens (primary N) is 1. The fourth-order valence-corrected chi connectivity index (χ4v) is 2.75. The van der Waals surface area contributed by atoms with Crippen molar-refractivity contribution in [2.75, 3.05) is 0 Å². The van der Waals surface area contributed by atoms with Gasteiger partial charge in [0.05, 0.1) is 5.69 Å². The van der Waals surface area contributed by atoms with Gasteiger partial charge in [0, 0.05) is 19.3 Å². The standard InChI is InChI=1S/C14H17N3/c1-17-7-6-12(16-17)9-11-8-10-4-2-3-5-13(10)14(11)15/h2-7,11,14H,8-9,15H2,1H3. The minimum Gasteiger partial charge on any atom is -0.324 e. The first-order chi connectivity index (χ1) is 8.24. The zero-order chi connectivity index (χ0) is 11.8. The molecule has 1 heterocycles. The molecule has 1 aliphatic carbocycles. The van der Waals surface area contributed by atoms with Gasteiger partial charge in [0.25, 0.3) is 0 Å². The number of rotatable bonds is 2. The quantitative estimate of drug-likeness (QED) is 0.850. The summed E-state index contributed by atoms with van der Waals surface area (Å²) in [6.07, 6.45) is 4.04. The maximum absolute atomic E-state index is 6.31. The lowest BCUT2D eigenvalue weighted by Gasteiger charge is -2.14. The predicted molar refractivity (Wildman–Crippen MR) is 67.5 cm³/mol. The Bertz CT molecular complexity index is 530. The van der Waals surface area contributed by atoms with Crippen molar-refractivity contribution in [1.82, 2.24) is 9.78 Å². The molecular formula is C14H17N3. The maximum atomic E-state index is 6.31. The van der Waals surface area contributed by atoms with E-state index in [-0.39, 0.29) is 6.04 Å². The molecule has 3 heteroatoms. The van der Waals surface area contributed by atoms with E-state index in [2.05, 4.69) is 35.4 Å². The molecule has 1 aliphatic rings. The Morgan fingerprint density at radius 2 is 2.18 bits per heavy atom. The number of hydrogen-bond acceptors (Lipinski definition) is 2. The van der Waals surface area contributed by atoms with Gasteiger partial charge in [-0.2, -0.15) is 5.10 Å². The lowest BCUT2D eigenvalue weighted by Crippen LogP contribution is -2.19. The monoisotopic (exact) mass is 227 g/mol. The second-order valence-corrected chi connectivity index (χ2v) is 4.87. The molecule has 2 aromatic rings. The van der Waals surface area contributed by atoms with E-state index in [1.165, 1.54) is 11.1 Å². The Labute approximate surface area is 101 Å². The van der Waals surface area contributed by atoms with E-state index in [9.17, 15) is 0 Å². The zero-order valence-electron chi connectivity index (χ0n) is 10.0. The summed E-state index contributed by atoms with van der Waals surface area (Å²) >= 11 is 0. The molecule has 1 aromatic heterocycles. The van der Waals surface area contributed by atoms with Gasteiger partial charge in [-0.1, -0.05) is 24.3 Å². The third kappa shape index (κ3) is 1.87. The molecule has 0 bridgehead atoms. The topological polar surface area (TPSA) is 43.8 Å². The molecule has 17 heavy (non-hydrogen) atoms. The largest absolute Gasteiger partial charge is 0.324 e. The van der Waals surface area contributed by atoms with Gasteiger partial charge in [0.15, 0.2) is 0 Å². The SMILES string of the molecule is Cn1ccc(CC2Cc3ccccc3C2N)n1. The maximum Gasteiger partial charge on any atom is 0.0628 e. The fraction of sp³-hybridized carbons (Fsp3) is 0.357. The van der Waals surface area contributed by atoms with Crippen LogP contribution in [0.15, 0.2) is 36.5 Å². The number of benzene rings is 1. The zero-order valence-corrected chi connectivity index (χ0v) is 10.0. The van der Waals surface area contributed by atoms with Crippen LogP contribution < -0.4 is 5.73 Å². The second-order valence-electron chi connectivity index (χ2n) is 4.87. The van der Waals surface area contributed by atoms with Gasteiger partial charge in [-0.3, -0.25) is 4.68 Å². The van der Waals surface area contributed by atoms with Crippen LogP contribution in [0, 0.1) is 5.92 Å². The van der Waals surface area contributed by atoms with Gasteiger partial charge in [-0.25, -0.2) is 0 Å². The summed E-state index contributed by atoms with van der Waals surface area (Å²) in [6.45, 7) is 0. The van der Waals surface area contributed by atoms with E-state index in [1.54, 1.807) is 0 Å². The molecule has 3 rings (SSSR count). The Morgan fingerprint density at radius 3 is 2.88 bits per heavy atom. The Balaban J connectivity index is 1.80. The van der Waals surface area contributed by atoms with Crippen molar-refractivity contribution >= 4 is 0 Å². The van der Waals surface area contributed by atoms with Gasteiger partial charge in [-0.15, -0.1) is 0 Å². The number of nitrogens with zero attached hydrogens (tertiary/aromatic N) is 2. The summed E-state index contributed by atoms with van der Waals surface area (Å²) in [4.78, 5) is 0. The highest BCUT2D eigenvalue weighted by molar-refractivity contribution is 5.35. The predicted octanol–water partition coefficient (Wildman–Crippen LogP) is 1.83. The van der Waals surface area contributed by atoms with Crippen LogP contribution in [-0.4, -0.2) is 9.78 Å². The van der Waals surface area contributed by atoms with Crippen LogP contribution in [0.1, 0.15) is 22.9 Å². The molecule has 2 unspecified atom stereocenters. The average Bonchev–Trinajstić information content (AvgIpc) is 2.86. The number of aryl methyl sites for hydroxylation is 1. The molecule has 88 valence electrons. The smallest absolute Gasteiger partial charge is 0.0628 e. The van der Waals surface area contributed by atoms with Crippen LogP contribution >= 0.6 is 0 Å². The molecule has 2 N–H and O–H groups in total. The van der Waals surface area contributed by atoms with Gasteiger partial charge in [0.2, 0.25) is 0 Å². The van der Waals surface area contributed by atoms with Crippen molar-refractivity contribution in [3.8, 4) is 0 Å². The van der Waals surface area contributed by atoms with Crippen LogP contribution in [0.5, 0.6) is 0 Å². The van der Waals surface area contributed by atoms with Crippen molar-refractivity contribution < 1.29 is 0 Å². The third-order valence-electron chi connectivity index (χ3n) is 3.64. The van der Waals surface area contributed by atoms with E-state index in [0.717, 1.165) is 18.5 Å². The summed E-state index contributed by atoms with van der Waals surface area (Å²) in [5.74, 6) is 0.488. The Hall–Kier alpha value is -1.61. The molecule has 0 spiro atoms. The molecule has 1 aromatic carbocycles. The molecule has 0 radical (unpaired) electrons. The highest BCUT2D eigenvalue weighted by Gasteiger charge is 2.29. The summed E-state index contributed by atoms with van der Waals surface area (Å²) in [5, 5.41) is 4.43. The number of aromatic nitrogens is 2. The molecule has 0 saturated heterocycles. The summed E-state index contributed by atoms with van der Waals surface area (Å²) in [6, 6.07) is 10.7. The first-order valence-corrected chi connectivity index (χ1v) is 6.06. The average molecular weight is 227 g/mol. The number of hydrogen-bond donors (Lipinski definition) is 1. The molecule has 0 aliphatic heterocycles. The highest BCUT2D eigenvalue weighted by Crippen LogP contribution is 2.35. The van der Waals surface area contributed by atoms with Crippen molar-refractivity contribution in [1.29, 1.82) is 0 Å². The van der Waals surface area contributed by atoms with Gasteiger partial charge in [0.1, 0.15) is 0 Å². The van der Waals surface area contributed by atoms with Crippen LogP contribution in [0.25, 0.3) is 0 Å². The minimum atomic E-state index is 0.160. The number of fused-ring (bicyclic) bond motifs is 1. The molecule has 2 atom stereocenters. The van der Waals surface area contributed by atoms with Crippen LogP contribution in [0.3, 0.4) is 0 Å². The minimum absolute atomic E-state index is 0.160. The van der Waals surface area contributed by atoms with E-state index in [4.69, 9.17) is 5.73 Å². The fourth-order valence-electron chi connectivity index (χ4n) is 2.75. The van der Waals surface area contributed by atoms with Crippen LogP contribution in [-0.2, 0) is 19.9 Å². The van der Waals surface area contributed by atoms with Gasteiger partial charge >= 0.3 is 0 Å². The van der Waals surface area contributed by atoms with Crippen LogP contribution in [0.2, 0.25) is 0 Å². The van der Waals surface area contributed by atoms with Crippen LogP contribution in [0.4, 0.5) is 0 Å². The van der Waals surface area contributed by atoms with Crippen molar-refractivity contribution in [3.05, 3.63) is 53.3 Å². The molecule has 0 saturated carbocycles. The Morgan fingerprint density at radius 1 is 1.35 bits per heavy atom. The summed E-state index contributed by atoms with van der Waals surface area (Å²) in [7, 11) is 1.95. The summed E-state index contributed by atoms with van der Waals surface area (Å²) < 4.78 is 1.85. The van der Waals surface area contributed by atoms with E-state index in [1.807, 2.05) is 17.9 Å². The molecule has 0 fully saturated rings. The van der Waals surface area contributed by atoms with Gasteiger partial charge < -0.3 is 5.73 Å². The van der Waals surface area contributed by atoms with Crippen molar-refractivity contribution in [2.24, 2.45) is 18.7 Å². The molecule has 0 amide bonds. The second kappa shape index (κ2) is 4.00. The summed E-state index contributed by atoms with van der Waals surface area (Å²) in [5.41, 5.74) is 10.2. The first kappa shape index (κ1) is 10.5. The normalized spacial score (nSPS) is 22.7.